The smallest absolute Gasteiger partial charge is 0.208 e. The Morgan fingerprint density at radius 3 is 2.85 bits per heavy atom. The van der Waals surface area contributed by atoms with Gasteiger partial charge in [-0.3, -0.25) is 0 Å². The summed E-state index contributed by atoms with van der Waals surface area (Å²) >= 11 is 0. The van der Waals surface area contributed by atoms with Crippen LogP contribution in [0, 0.1) is 0 Å². The van der Waals surface area contributed by atoms with Gasteiger partial charge in [0.25, 0.3) is 0 Å². The van der Waals surface area contributed by atoms with Crippen LogP contribution in [0.5, 0.6) is 0 Å². The first-order valence-electron chi connectivity index (χ1n) is 6.94. The molecule has 0 aromatic heterocycles. The number of aryl methyl sites for hydroxylation is 1. The summed E-state index contributed by atoms with van der Waals surface area (Å²) in [6.07, 6.45) is 3.52. The molecule has 2 rings (SSSR count). The zero-order chi connectivity index (χ0) is 14.6. The Morgan fingerprint density at radius 1 is 1.30 bits per heavy atom. The van der Waals surface area contributed by atoms with Crippen molar-refractivity contribution in [2.75, 3.05) is 37.8 Å². The molecule has 0 radical (unpaired) electrons. The normalized spacial score (nSPS) is 15.2. The fraction of sp³-hybridized carbons (Fsp3) is 0.571. The van der Waals surface area contributed by atoms with Crippen LogP contribution in [0.4, 0.5) is 5.69 Å². The van der Waals surface area contributed by atoms with Gasteiger partial charge in [-0.05, 0) is 30.0 Å². The third-order valence-electron chi connectivity index (χ3n) is 3.49. The van der Waals surface area contributed by atoms with Crippen LogP contribution in [0.25, 0.3) is 0 Å². The molecule has 1 aromatic rings. The van der Waals surface area contributed by atoms with Crippen molar-refractivity contribution in [2.24, 2.45) is 0 Å². The molecule has 0 atom stereocenters. The van der Waals surface area contributed by atoms with Crippen molar-refractivity contribution in [3.8, 4) is 0 Å². The highest BCUT2D eigenvalue weighted by atomic mass is 32.2. The Bertz CT molecular complexity index is 558. The zero-order valence-corrected chi connectivity index (χ0v) is 13.0. The Labute approximate surface area is 121 Å². The topological polar surface area (TPSA) is 61.4 Å². The van der Waals surface area contributed by atoms with Crippen molar-refractivity contribution in [2.45, 2.75) is 19.4 Å². The second-order valence-corrected chi connectivity index (χ2v) is 7.16. The predicted molar refractivity (Wildman–Crippen MR) is 82.6 cm³/mol. The first-order chi connectivity index (χ1) is 9.46. The van der Waals surface area contributed by atoms with Crippen LogP contribution in [0.15, 0.2) is 18.2 Å². The minimum absolute atomic E-state index is 0.423. The monoisotopic (exact) mass is 297 g/mol. The highest BCUT2D eigenvalue weighted by Gasteiger charge is 2.13. The van der Waals surface area contributed by atoms with Gasteiger partial charge in [-0.25, -0.2) is 13.1 Å². The van der Waals surface area contributed by atoms with Crippen molar-refractivity contribution >= 4 is 15.7 Å². The lowest BCUT2D eigenvalue weighted by Crippen LogP contribution is -2.31. The van der Waals surface area contributed by atoms with Gasteiger partial charge < -0.3 is 10.2 Å². The average Bonchev–Trinajstić information content (AvgIpc) is 2.37. The van der Waals surface area contributed by atoms with Gasteiger partial charge in [0, 0.05) is 38.9 Å². The fourth-order valence-electron chi connectivity index (χ4n) is 2.51. The molecule has 0 saturated carbocycles. The molecular weight excluding hydrogens is 274 g/mol. The number of hydrogen-bond acceptors (Lipinski definition) is 4. The maximum atomic E-state index is 10.9. The van der Waals surface area contributed by atoms with E-state index in [1.165, 1.54) is 29.5 Å². The van der Waals surface area contributed by atoms with E-state index in [1.807, 2.05) is 0 Å². The summed E-state index contributed by atoms with van der Waals surface area (Å²) in [7, 11) is -0.951. The summed E-state index contributed by atoms with van der Waals surface area (Å²) in [4.78, 5) is 2.30. The van der Waals surface area contributed by atoms with Gasteiger partial charge >= 0.3 is 0 Å². The molecule has 1 aliphatic rings. The van der Waals surface area contributed by atoms with Gasteiger partial charge in [0.1, 0.15) is 0 Å². The van der Waals surface area contributed by atoms with Gasteiger partial charge in [-0.1, -0.05) is 12.1 Å². The SMILES string of the molecule is CN1CCCc2cc(CNCCNS(C)(=O)=O)ccc21. The first-order valence-corrected chi connectivity index (χ1v) is 8.83. The number of fused-ring (bicyclic) bond motifs is 1. The van der Waals surface area contributed by atoms with E-state index in [-0.39, 0.29) is 0 Å². The molecule has 0 unspecified atom stereocenters. The quantitative estimate of drug-likeness (QED) is 0.759. The first kappa shape index (κ1) is 15.3. The lowest BCUT2D eigenvalue weighted by molar-refractivity contribution is 0.581. The van der Waals surface area contributed by atoms with Gasteiger partial charge in [-0.15, -0.1) is 0 Å². The van der Waals surface area contributed by atoms with Crippen LogP contribution in [0.1, 0.15) is 17.5 Å². The van der Waals surface area contributed by atoms with E-state index >= 15 is 0 Å². The molecule has 112 valence electrons. The molecule has 0 spiro atoms. The molecule has 0 amide bonds. The molecule has 1 aliphatic heterocycles. The number of sulfonamides is 1. The molecule has 1 heterocycles. The minimum atomic E-state index is -3.08. The fourth-order valence-corrected chi connectivity index (χ4v) is 2.98. The second-order valence-electron chi connectivity index (χ2n) is 5.33. The molecule has 1 aromatic carbocycles. The molecule has 2 N–H and O–H groups in total. The molecule has 6 heteroatoms. The minimum Gasteiger partial charge on any atom is -0.374 e. The predicted octanol–water partition coefficient (Wildman–Crippen LogP) is 0.708. The highest BCUT2D eigenvalue weighted by molar-refractivity contribution is 7.88. The van der Waals surface area contributed by atoms with Crippen molar-refractivity contribution in [3.05, 3.63) is 29.3 Å². The lowest BCUT2D eigenvalue weighted by Gasteiger charge is -2.27. The third kappa shape index (κ3) is 4.47. The number of benzene rings is 1. The van der Waals surface area contributed by atoms with Gasteiger partial charge in [0.05, 0.1) is 6.26 Å². The standard InChI is InChI=1S/C14H23N3O2S/c1-17-9-3-4-13-10-12(5-6-14(13)17)11-15-7-8-16-20(2,18)19/h5-6,10,15-16H,3-4,7-9,11H2,1-2H3. The average molecular weight is 297 g/mol. The molecule has 0 bridgehead atoms. The van der Waals surface area contributed by atoms with Crippen LogP contribution in [0.2, 0.25) is 0 Å². The van der Waals surface area contributed by atoms with Gasteiger partial charge in [0.2, 0.25) is 10.0 Å². The van der Waals surface area contributed by atoms with Crippen LogP contribution in [-0.2, 0) is 23.0 Å². The van der Waals surface area contributed by atoms with E-state index < -0.39 is 10.0 Å². The summed E-state index contributed by atoms with van der Waals surface area (Å²) < 4.78 is 24.3. The number of hydrogen-bond donors (Lipinski definition) is 2. The Kier molecular flexibility index (Phi) is 5.01. The summed E-state index contributed by atoms with van der Waals surface area (Å²) in [5, 5.41) is 3.25. The number of nitrogens with one attached hydrogen (secondary N) is 2. The summed E-state index contributed by atoms with van der Waals surface area (Å²) in [5.41, 5.74) is 3.99. The third-order valence-corrected chi connectivity index (χ3v) is 4.22. The van der Waals surface area contributed by atoms with Crippen molar-refractivity contribution in [3.63, 3.8) is 0 Å². The largest absolute Gasteiger partial charge is 0.374 e. The number of rotatable bonds is 6. The molecule has 5 nitrogen and oxygen atoms in total. The number of nitrogens with zero attached hydrogens (tertiary/aromatic N) is 1. The van der Waals surface area contributed by atoms with Crippen LogP contribution in [-0.4, -0.2) is 41.4 Å². The van der Waals surface area contributed by atoms with Crippen molar-refractivity contribution in [1.82, 2.24) is 10.0 Å². The Balaban J connectivity index is 1.82. The molecule has 20 heavy (non-hydrogen) atoms. The van der Waals surface area contributed by atoms with E-state index in [0.29, 0.717) is 13.1 Å². The highest BCUT2D eigenvalue weighted by Crippen LogP contribution is 2.26. The molecule has 0 aliphatic carbocycles. The summed E-state index contributed by atoms with van der Waals surface area (Å²) in [6.45, 7) is 2.95. The second kappa shape index (κ2) is 6.56. The summed E-state index contributed by atoms with van der Waals surface area (Å²) in [6, 6.07) is 6.57. The Hall–Kier alpha value is -1.11. The van der Waals surface area contributed by atoms with Gasteiger partial charge in [-0.2, -0.15) is 0 Å². The van der Waals surface area contributed by atoms with E-state index in [4.69, 9.17) is 0 Å². The van der Waals surface area contributed by atoms with Gasteiger partial charge in [0.15, 0.2) is 0 Å². The van der Waals surface area contributed by atoms with Crippen molar-refractivity contribution < 1.29 is 8.42 Å². The maximum Gasteiger partial charge on any atom is 0.208 e. The van der Waals surface area contributed by atoms with E-state index in [2.05, 4.69) is 40.2 Å². The molecule has 0 fully saturated rings. The molecule has 0 saturated heterocycles. The maximum absolute atomic E-state index is 10.9. The molecular formula is C14H23N3O2S. The van der Waals surface area contributed by atoms with Crippen LogP contribution in [0.3, 0.4) is 0 Å². The lowest BCUT2D eigenvalue weighted by atomic mass is 9.99. The number of anilines is 1. The van der Waals surface area contributed by atoms with E-state index in [1.54, 1.807) is 0 Å². The van der Waals surface area contributed by atoms with Crippen LogP contribution >= 0.6 is 0 Å². The summed E-state index contributed by atoms with van der Waals surface area (Å²) in [5.74, 6) is 0. The Morgan fingerprint density at radius 2 is 2.10 bits per heavy atom. The van der Waals surface area contributed by atoms with Crippen LogP contribution < -0.4 is 14.9 Å². The van der Waals surface area contributed by atoms with E-state index in [0.717, 1.165) is 19.5 Å². The van der Waals surface area contributed by atoms with Crippen molar-refractivity contribution in [1.29, 1.82) is 0 Å². The zero-order valence-electron chi connectivity index (χ0n) is 12.1. The van der Waals surface area contributed by atoms with E-state index in [9.17, 15) is 8.42 Å².